The maximum atomic E-state index is 12.8. The molecule has 2 heterocycles. The molecule has 0 spiro atoms. The number of hydrogen-bond acceptors (Lipinski definition) is 14. The van der Waals surface area contributed by atoms with E-state index in [1.165, 1.54) is 6.07 Å². The second-order valence-corrected chi connectivity index (χ2v) is 9.17. The van der Waals surface area contributed by atoms with Gasteiger partial charge in [0.1, 0.15) is 42.0 Å². The SMILES string of the molecule is CC(C)C(=O)OCC1OC(Oc2cc3oc(-c4ccc(O)c(O)c4)c(O)c(=O)c3c(O)c2O)C(O)C(O)C1O. The molecule has 0 saturated carbocycles. The van der Waals surface area contributed by atoms with E-state index in [-0.39, 0.29) is 5.56 Å². The zero-order chi connectivity index (χ0) is 28.8. The normalized spacial score (nSPS) is 23.2. The van der Waals surface area contributed by atoms with Crippen LogP contribution in [0, 0.1) is 5.92 Å². The molecule has 1 saturated heterocycles. The summed E-state index contributed by atoms with van der Waals surface area (Å²) in [6.07, 6.45) is -8.51. The van der Waals surface area contributed by atoms with Crippen LogP contribution in [-0.2, 0) is 14.3 Å². The molecular weight excluding hydrogens is 524 g/mol. The molecule has 1 aliphatic rings. The number of hydrogen-bond donors (Lipinski definition) is 8. The molecule has 3 aromatic rings. The third kappa shape index (κ3) is 5.09. The average molecular weight is 550 g/mol. The first kappa shape index (κ1) is 27.8. The van der Waals surface area contributed by atoms with Crippen molar-refractivity contribution >= 4 is 16.9 Å². The molecular formula is C25H26O14. The Hall–Kier alpha value is -4.24. The summed E-state index contributed by atoms with van der Waals surface area (Å²) < 4.78 is 21.5. The van der Waals surface area contributed by atoms with Crippen LogP contribution >= 0.6 is 0 Å². The Morgan fingerprint density at radius 2 is 1.62 bits per heavy atom. The fourth-order valence-electron chi connectivity index (χ4n) is 3.85. The first-order valence-corrected chi connectivity index (χ1v) is 11.6. The molecule has 39 heavy (non-hydrogen) atoms. The Balaban J connectivity index is 1.71. The molecule has 14 heteroatoms. The summed E-state index contributed by atoms with van der Waals surface area (Å²) in [5.74, 6) is -6.26. The van der Waals surface area contributed by atoms with Gasteiger partial charge in [0, 0.05) is 11.6 Å². The lowest BCUT2D eigenvalue weighted by Crippen LogP contribution is -2.60. The van der Waals surface area contributed by atoms with Crippen LogP contribution in [0.4, 0.5) is 0 Å². The van der Waals surface area contributed by atoms with Crippen LogP contribution in [0.3, 0.4) is 0 Å². The van der Waals surface area contributed by atoms with Crippen LogP contribution in [0.1, 0.15) is 13.8 Å². The minimum atomic E-state index is -1.88. The zero-order valence-electron chi connectivity index (χ0n) is 20.5. The molecule has 8 N–H and O–H groups in total. The van der Waals surface area contributed by atoms with Gasteiger partial charge in [-0.05, 0) is 18.2 Å². The minimum Gasteiger partial charge on any atom is -0.504 e. The Kier molecular flexibility index (Phi) is 7.48. The predicted octanol–water partition coefficient (Wildman–Crippen LogP) is 0.374. The van der Waals surface area contributed by atoms with Crippen LogP contribution < -0.4 is 10.2 Å². The van der Waals surface area contributed by atoms with Gasteiger partial charge < -0.3 is 59.5 Å². The Morgan fingerprint density at radius 3 is 2.26 bits per heavy atom. The molecule has 0 radical (unpaired) electrons. The number of ether oxygens (including phenoxy) is 3. The van der Waals surface area contributed by atoms with E-state index < -0.39 is 106 Å². The van der Waals surface area contributed by atoms with Crippen molar-refractivity contribution in [3.8, 4) is 45.8 Å². The lowest BCUT2D eigenvalue weighted by atomic mass is 9.99. The molecule has 0 aliphatic carbocycles. The number of carbonyl (C=O) groups excluding carboxylic acids is 1. The van der Waals surface area contributed by atoms with Crippen molar-refractivity contribution < 1.29 is 64.3 Å². The number of fused-ring (bicyclic) bond motifs is 1. The van der Waals surface area contributed by atoms with Gasteiger partial charge in [-0.15, -0.1) is 0 Å². The van der Waals surface area contributed by atoms with Crippen LogP contribution in [-0.4, -0.2) is 84.1 Å². The summed E-state index contributed by atoms with van der Waals surface area (Å²) in [6, 6.07) is 4.23. The summed E-state index contributed by atoms with van der Waals surface area (Å²) in [7, 11) is 0. The number of aliphatic hydroxyl groups is 3. The summed E-state index contributed by atoms with van der Waals surface area (Å²) in [6.45, 7) is 2.65. The molecule has 14 nitrogen and oxygen atoms in total. The molecule has 1 fully saturated rings. The number of carbonyl (C=O) groups is 1. The predicted molar refractivity (Wildman–Crippen MR) is 129 cm³/mol. The monoisotopic (exact) mass is 550 g/mol. The molecule has 1 aliphatic heterocycles. The van der Waals surface area contributed by atoms with Gasteiger partial charge in [-0.25, -0.2) is 0 Å². The number of phenolic OH excluding ortho intramolecular Hbond substituents is 4. The second kappa shape index (κ2) is 10.5. The fourth-order valence-corrected chi connectivity index (χ4v) is 3.85. The molecule has 0 amide bonds. The highest BCUT2D eigenvalue weighted by Crippen LogP contribution is 2.44. The molecule has 4 rings (SSSR count). The van der Waals surface area contributed by atoms with Crippen LogP contribution in [0.2, 0.25) is 0 Å². The van der Waals surface area contributed by atoms with Crippen LogP contribution in [0.15, 0.2) is 33.5 Å². The van der Waals surface area contributed by atoms with Crippen molar-refractivity contribution in [2.75, 3.05) is 6.61 Å². The van der Waals surface area contributed by atoms with Gasteiger partial charge in [-0.3, -0.25) is 9.59 Å². The second-order valence-electron chi connectivity index (χ2n) is 9.17. The van der Waals surface area contributed by atoms with E-state index in [4.69, 9.17) is 18.6 Å². The number of rotatable bonds is 6. The number of esters is 1. The van der Waals surface area contributed by atoms with Gasteiger partial charge in [0.25, 0.3) is 0 Å². The molecule has 0 bridgehead atoms. The highest BCUT2D eigenvalue weighted by Gasteiger charge is 2.46. The smallest absolute Gasteiger partial charge is 0.308 e. The van der Waals surface area contributed by atoms with Gasteiger partial charge in [0.15, 0.2) is 28.8 Å². The third-order valence-corrected chi connectivity index (χ3v) is 6.08. The topological polar surface area (TPSA) is 237 Å². The molecule has 2 aromatic carbocycles. The van der Waals surface area contributed by atoms with Crippen molar-refractivity contribution in [2.24, 2.45) is 5.92 Å². The molecule has 210 valence electrons. The first-order valence-electron chi connectivity index (χ1n) is 11.6. The molecule has 1 aromatic heterocycles. The number of aromatic hydroxyl groups is 5. The van der Waals surface area contributed by atoms with E-state index >= 15 is 0 Å². The third-order valence-electron chi connectivity index (χ3n) is 6.08. The largest absolute Gasteiger partial charge is 0.504 e. The summed E-state index contributed by atoms with van der Waals surface area (Å²) in [4.78, 5) is 24.6. The highest BCUT2D eigenvalue weighted by molar-refractivity contribution is 5.91. The van der Waals surface area contributed by atoms with Gasteiger partial charge in [0.05, 0.1) is 5.92 Å². The van der Waals surface area contributed by atoms with Crippen molar-refractivity contribution in [3.63, 3.8) is 0 Å². The zero-order valence-corrected chi connectivity index (χ0v) is 20.5. The van der Waals surface area contributed by atoms with E-state index in [2.05, 4.69) is 0 Å². The number of phenols is 4. The van der Waals surface area contributed by atoms with E-state index in [1.807, 2.05) is 0 Å². The fraction of sp³-hybridized carbons (Fsp3) is 0.360. The summed E-state index contributed by atoms with van der Waals surface area (Å²) in [5, 5.41) is 80.9. The van der Waals surface area contributed by atoms with E-state index in [1.54, 1.807) is 13.8 Å². The Morgan fingerprint density at radius 1 is 0.923 bits per heavy atom. The maximum absolute atomic E-state index is 12.8. The number of benzene rings is 2. The van der Waals surface area contributed by atoms with Crippen molar-refractivity contribution in [1.29, 1.82) is 0 Å². The Labute approximate surface area is 219 Å². The Bertz CT molecular complexity index is 1460. The van der Waals surface area contributed by atoms with Gasteiger partial charge in [-0.2, -0.15) is 0 Å². The maximum Gasteiger partial charge on any atom is 0.308 e. The van der Waals surface area contributed by atoms with Gasteiger partial charge in [-0.1, -0.05) is 13.8 Å². The van der Waals surface area contributed by atoms with Gasteiger partial charge in [0.2, 0.25) is 23.2 Å². The molecule has 5 unspecified atom stereocenters. The highest BCUT2D eigenvalue weighted by atomic mass is 16.7. The number of aliphatic hydroxyl groups excluding tert-OH is 3. The van der Waals surface area contributed by atoms with E-state index in [9.17, 15) is 50.4 Å². The van der Waals surface area contributed by atoms with Crippen LogP contribution in [0.5, 0.6) is 34.5 Å². The average Bonchev–Trinajstić information content (AvgIpc) is 2.89. The van der Waals surface area contributed by atoms with E-state index in [0.717, 1.165) is 18.2 Å². The molecule has 5 atom stereocenters. The standard InChI is InChI=1S/C25H26O14/c1-8(2)24(35)36-7-14-17(29)20(32)22(34)25(39-14)38-13-6-12-15(18(30)16(13)28)19(31)21(33)23(37-12)9-3-4-10(26)11(27)5-9/h3-6,8,14,17,20,22,25-30,32-34H,7H2,1-2H3. The van der Waals surface area contributed by atoms with E-state index in [0.29, 0.717) is 0 Å². The lowest BCUT2D eigenvalue weighted by Gasteiger charge is -2.40. The first-order chi connectivity index (χ1) is 18.3. The minimum absolute atomic E-state index is 0.0289. The van der Waals surface area contributed by atoms with Crippen molar-refractivity contribution in [2.45, 2.75) is 44.6 Å². The van der Waals surface area contributed by atoms with Crippen molar-refractivity contribution in [1.82, 2.24) is 0 Å². The quantitative estimate of drug-likeness (QED) is 0.153. The van der Waals surface area contributed by atoms with Crippen molar-refractivity contribution in [3.05, 3.63) is 34.5 Å². The van der Waals surface area contributed by atoms with Crippen LogP contribution in [0.25, 0.3) is 22.3 Å². The summed E-state index contributed by atoms with van der Waals surface area (Å²) in [5.41, 5.74) is -1.60. The lowest BCUT2D eigenvalue weighted by molar-refractivity contribution is -0.279. The van der Waals surface area contributed by atoms with Gasteiger partial charge >= 0.3 is 5.97 Å². The summed E-state index contributed by atoms with van der Waals surface area (Å²) >= 11 is 0.